The van der Waals surface area contributed by atoms with Crippen LogP contribution in [-0.4, -0.2) is 30.3 Å². The van der Waals surface area contributed by atoms with Gasteiger partial charge in [0.15, 0.2) is 5.82 Å². The van der Waals surface area contributed by atoms with Crippen molar-refractivity contribution in [2.24, 2.45) is 0 Å². The molecule has 0 saturated heterocycles. The summed E-state index contributed by atoms with van der Waals surface area (Å²) >= 11 is 1.50. The summed E-state index contributed by atoms with van der Waals surface area (Å²) in [6.45, 7) is 8.09. The van der Waals surface area contributed by atoms with Crippen LogP contribution in [0.25, 0.3) is 5.69 Å². The van der Waals surface area contributed by atoms with Crippen molar-refractivity contribution in [2.75, 3.05) is 0 Å². The van der Waals surface area contributed by atoms with Gasteiger partial charge in [-0.25, -0.2) is 0 Å². The van der Waals surface area contributed by atoms with Crippen molar-refractivity contribution in [3.8, 4) is 5.69 Å². The van der Waals surface area contributed by atoms with Gasteiger partial charge in [0.05, 0.1) is 10.9 Å². The zero-order valence-electron chi connectivity index (χ0n) is 13.5. The maximum Gasteiger partial charge on any atom is 0.239 e. The number of tetrazole rings is 1. The molecule has 0 amide bonds. The number of aryl methyl sites for hydroxylation is 3. The van der Waals surface area contributed by atoms with Gasteiger partial charge < -0.3 is 4.52 Å². The molecule has 0 fully saturated rings. The summed E-state index contributed by atoms with van der Waals surface area (Å²) in [7, 11) is 0. The van der Waals surface area contributed by atoms with Crippen molar-refractivity contribution in [3.05, 3.63) is 41.0 Å². The van der Waals surface area contributed by atoms with E-state index in [2.05, 4.69) is 25.7 Å². The van der Waals surface area contributed by atoms with E-state index in [1.165, 1.54) is 11.8 Å². The minimum Gasteiger partial charge on any atom is -0.338 e. The first kappa shape index (κ1) is 15.7. The second-order valence-corrected chi connectivity index (χ2v) is 6.58. The van der Waals surface area contributed by atoms with E-state index >= 15 is 0 Å². The van der Waals surface area contributed by atoms with Gasteiger partial charge in [0.1, 0.15) is 0 Å². The Labute approximate surface area is 138 Å². The van der Waals surface area contributed by atoms with Crippen LogP contribution in [0.2, 0.25) is 0 Å². The summed E-state index contributed by atoms with van der Waals surface area (Å²) < 4.78 is 7.07. The zero-order valence-corrected chi connectivity index (χ0v) is 14.3. The Morgan fingerprint density at radius 3 is 2.65 bits per heavy atom. The maximum absolute atomic E-state index is 5.30. The van der Waals surface area contributed by atoms with Crippen LogP contribution in [0.3, 0.4) is 0 Å². The van der Waals surface area contributed by atoms with Gasteiger partial charge >= 0.3 is 0 Å². The fourth-order valence-electron chi connectivity index (χ4n) is 2.32. The third-order valence-corrected chi connectivity index (χ3v) is 4.54. The highest BCUT2D eigenvalue weighted by molar-refractivity contribution is 7.99. The number of benzene rings is 1. The predicted molar refractivity (Wildman–Crippen MR) is 86.6 cm³/mol. The van der Waals surface area contributed by atoms with Gasteiger partial charge in [-0.15, -0.1) is 5.10 Å². The molecule has 0 radical (unpaired) electrons. The van der Waals surface area contributed by atoms with Crippen molar-refractivity contribution < 1.29 is 4.52 Å². The maximum atomic E-state index is 5.30. The zero-order chi connectivity index (χ0) is 16.4. The van der Waals surface area contributed by atoms with Crippen LogP contribution >= 0.6 is 11.8 Å². The van der Waals surface area contributed by atoms with Crippen LogP contribution in [0.5, 0.6) is 0 Å². The molecule has 1 unspecified atom stereocenters. The first-order valence-electron chi connectivity index (χ1n) is 7.44. The lowest BCUT2D eigenvalue weighted by molar-refractivity contribution is 0.375. The van der Waals surface area contributed by atoms with E-state index in [0.29, 0.717) is 16.9 Å². The van der Waals surface area contributed by atoms with Crippen LogP contribution in [0, 0.1) is 13.8 Å². The molecule has 3 rings (SSSR count). The molecule has 1 aromatic carbocycles. The smallest absolute Gasteiger partial charge is 0.239 e. The summed E-state index contributed by atoms with van der Waals surface area (Å²) in [6.07, 6.45) is 0.751. The standard InChI is InChI=1S/C15H18N6OS/c1-5-12-16-14(22-18-12)11(4)23-15-17-19-20-21(15)13-9(2)7-6-8-10(13)3/h6-8,11H,5H2,1-4H3. The van der Waals surface area contributed by atoms with E-state index in [1.807, 2.05) is 45.9 Å². The Morgan fingerprint density at radius 1 is 1.26 bits per heavy atom. The quantitative estimate of drug-likeness (QED) is 0.665. The van der Waals surface area contributed by atoms with Gasteiger partial charge in [-0.05, 0) is 42.3 Å². The molecule has 23 heavy (non-hydrogen) atoms. The van der Waals surface area contributed by atoms with Crippen LogP contribution in [0.15, 0.2) is 27.9 Å². The third-order valence-electron chi connectivity index (χ3n) is 3.52. The molecule has 7 nitrogen and oxygen atoms in total. The van der Waals surface area contributed by atoms with E-state index in [0.717, 1.165) is 23.2 Å². The molecule has 1 atom stereocenters. The van der Waals surface area contributed by atoms with Crippen molar-refractivity contribution in [2.45, 2.75) is 44.5 Å². The largest absolute Gasteiger partial charge is 0.338 e. The molecule has 0 aliphatic heterocycles. The van der Waals surface area contributed by atoms with Gasteiger partial charge in [-0.2, -0.15) is 9.67 Å². The molecule has 0 N–H and O–H groups in total. The van der Waals surface area contributed by atoms with Crippen LogP contribution in [0.4, 0.5) is 0 Å². The van der Waals surface area contributed by atoms with Gasteiger partial charge in [0.2, 0.25) is 11.0 Å². The fraction of sp³-hybridized carbons (Fsp3) is 0.400. The molecule has 120 valence electrons. The second kappa shape index (κ2) is 6.49. The molecule has 0 bridgehead atoms. The van der Waals surface area contributed by atoms with Crippen molar-refractivity contribution in [1.29, 1.82) is 0 Å². The molecular formula is C15H18N6OS. The van der Waals surface area contributed by atoms with Gasteiger partial charge in [0, 0.05) is 6.42 Å². The lowest BCUT2D eigenvalue weighted by Gasteiger charge is -2.11. The van der Waals surface area contributed by atoms with E-state index < -0.39 is 0 Å². The highest BCUT2D eigenvalue weighted by atomic mass is 32.2. The Balaban J connectivity index is 1.89. The summed E-state index contributed by atoms with van der Waals surface area (Å²) in [5.41, 5.74) is 3.25. The Kier molecular flexibility index (Phi) is 4.42. The Bertz CT molecular complexity index is 792. The molecule has 0 spiro atoms. The van der Waals surface area contributed by atoms with E-state index in [1.54, 1.807) is 4.68 Å². The lowest BCUT2D eigenvalue weighted by atomic mass is 10.1. The number of rotatable bonds is 5. The highest BCUT2D eigenvalue weighted by Gasteiger charge is 2.20. The molecule has 0 saturated carbocycles. The van der Waals surface area contributed by atoms with E-state index in [4.69, 9.17) is 4.52 Å². The first-order valence-corrected chi connectivity index (χ1v) is 8.32. The molecule has 2 aromatic heterocycles. The van der Waals surface area contributed by atoms with Crippen molar-refractivity contribution in [1.82, 2.24) is 30.3 Å². The van der Waals surface area contributed by atoms with E-state index in [9.17, 15) is 0 Å². The minimum absolute atomic E-state index is 0.0307. The lowest BCUT2D eigenvalue weighted by Crippen LogP contribution is -2.04. The SMILES string of the molecule is CCc1noc(C(C)Sc2nnnn2-c2c(C)cccc2C)n1. The molecule has 8 heteroatoms. The topological polar surface area (TPSA) is 82.5 Å². The number of aromatic nitrogens is 6. The van der Waals surface area contributed by atoms with Crippen LogP contribution in [0.1, 0.15) is 41.9 Å². The van der Waals surface area contributed by atoms with Gasteiger partial charge in [-0.1, -0.05) is 42.0 Å². The first-order chi connectivity index (χ1) is 11.1. The summed E-state index contributed by atoms with van der Waals surface area (Å²) in [5.74, 6) is 1.30. The normalized spacial score (nSPS) is 12.5. The Morgan fingerprint density at radius 2 is 2.00 bits per heavy atom. The van der Waals surface area contributed by atoms with Gasteiger partial charge in [-0.3, -0.25) is 0 Å². The van der Waals surface area contributed by atoms with Crippen molar-refractivity contribution >= 4 is 11.8 Å². The highest BCUT2D eigenvalue weighted by Crippen LogP contribution is 2.34. The van der Waals surface area contributed by atoms with Crippen LogP contribution < -0.4 is 0 Å². The van der Waals surface area contributed by atoms with Gasteiger partial charge in [0.25, 0.3) is 0 Å². The Hall–Kier alpha value is -2.22. The molecule has 2 heterocycles. The summed E-state index contributed by atoms with van der Waals surface area (Å²) in [5, 5.41) is 16.7. The average molecular weight is 330 g/mol. The molecule has 0 aliphatic carbocycles. The van der Waals surface area contributed by atoms with E-state index in [-0.39, 0.29) is 5.25 Å². The number of thioether (sulfide) groups is 1. The molecular weight excluding hydrogens is 312 g/mol. The number of hydrogen-bond donors (Lipinski definition) is 0. The summed E-state index contributed by atoms with van der Waals surface area (Å²) in [4.78, 5) is 4.37. The summed E-state index contributed by atoms with van der Waals surface area (Å²) in [6, 6.07) is 6.12. The second-order valence-electron chi connectivity index (χ2n) is 5.28. The van der Waals surface area contributed by atoms with Crippen molar-refractivity contribution in [3.63, 3.8) is 0 Å². The number of nitrogens with zero attached hydrogens (tertiary/aromatic N) is 6. The third kappa shape index (κ3) is 3.12. The monoisotopic (exact) mass is 330 g/mol. The minimum atomic E-state index is -0.0307. The average Bonchev–Trinajstić information content (AvgIpc) is 3.16. The molecule has 0 aliphatic rings. The predicted octanol–water partition coefficient (Wildman–Crippen LogP) is 3.08. The number of para-hydroxylation sites is 1. The van der Waals surface area contributed by atoms with Crippen LogP contribution in [-0.2, 0) is 6.42 Å². The number of hydrogen-bond acceptors (Lipinski definition) is 7. The molecule has 3 aromatic rings. The fourth-order valence-corrected chi connectivity index (χ4v) is 3.14.